The molecule has 0 aliphatic heterocycles. The molecule has 74 valence electrons. The molecular weight excluding hydrogens is 312 g/mol. The highest BCUT2D eigenvalue weighted by molar-refractivity contribution is 9.11. The van der Waals surface area contributed by atoms with Gasteiger partial charge in [-0.15, -0.1) is 0 Å². The summed E-state index contributed by atoms with van der Waals surface area (Å²) in [7, 11) is 0. The van der Waals surface area contributed by atoms with Crippen LogP contribution in [0.15, 0.2) is 21.1 Å². The third kappa shape index (κ3) is 2.30. The van der Waals surface area contributed by atoms with E-state index in [-0.39, 0.29) is 11.6 Å². The maximum atomic E-state index is 11.3. The largest absolute Gasteiger partial charge is 0.294 e. The molecule has 0 saturated heterocycles. The van der Waals surface area contributed by atoms with Gasteiger partial charge in [0, 0.05) is 20.1 Å². The van der Waals surface area contributed by atoms with E-state index in [0.717, 1.165) is 4.47 Å². The van der Waals surface area contributed by atoms with E-state index in [9.17, 15) is 9.59 Å². The molecule has 0 aliphatic rings. The topological polar surface area (TPSA) is 34.1 Å². The fourth-order valence-corrected chi connectivity index (χ4v) is 2.71. The molecule has 1 rings (SSSR count). The smallest absolute Gasteiger partial charge is 0.161 e. The van der Waals surface area contributed by atoms with Gasteiger partial charge in [0.15, 0.2) is 11.6 Å². The summed E-state index contributed by atoms with van der Waals surface area (Å²) in [5.74, 6) is -0.230. The van der Waals surface area contributed by atoms with E-state index in [1.54, 1.807) is 12.1 Å². The summed E-state index contributed by atoms with van der Waals surface area (Å²) >= 11 is 6.53. The Morgan fingerprint density at radius 3 is 2.07 bits per heavy atom. The minimum atomic E-state index is -0.116. The second-order valence-electron chi connectivity index (χ2n) is 2.92. The standard InChI is InChI=1S/C10H8Br2O2/c1-5(13)8-3-7(11)4-9(12)10(8)6(2)14/h3-4H,1-2H3. The Morgan fingerprint density at radius 1 is 1.07 bits per heavy atom. The van der Waals surface area contributed by atoms with Crippen LogP contribution >= 0.6 is 31.9 Å². The zero-order valence-electron chi connectivity index (χ0n) is 7.73. The predicted molar refractivity (Wildman–Crippen MR) is 61.9 cm³/mol. The van der Waals surface area contributed by atoms with Crippen LogP contribution in [0, 0.1) is 0 Å². The first-order valence-electron chi connectivity index (χ1n) is 3.94. The molecular formula is C10H8Br2O2. The lowest BCUT2D eigenvalue weighted by atomic mass is 10.0. The lowest BCUT2D eigenvalue weighted by molar-refractivity contribution is 0.0980. The minimum absolute atomic E-state index is 0.114. The Balaban J connectivity index is 3.52. The molecule has 0 radical (unpaired) electrons. The zero-order valence-corrected chi connectivity index (χ0v) is 10.9. The van der Waals surface area contributed by atoms with Crippen molar-refractivity contribution in [3.63, 3.8) is 0 Å². The van der Waals surface area contributed by atoms with Crippen LogP contribution in [0.5, 0.6) is 0 Å². The Morgan fingerprint density at radius 2 is 1.64 bits per heavy atom. The van der Waals surface area contributed by atoms with Gasteiger partial charge in [0.05, 0.1) is 0 Å². The van der Waals surface area contributed by atoms with E-state index in [4.69, 9.17) is 0 Å². The number of hydrogen-bond acceptors (Lipinski definition) is 2. The van der Waals surface area contributed by atoms with Crippen LogP contribution in [0.1, 0.15) is 34.6 Å². The van der Waals surface area contributed by atoms with Gasteiger partial charge in [0.25, 0.3) is 0 Å². The average molecular weight is 320 g/mol. The molecule has 0 spiro atoms. The number of carbonyl (C=O) groups excluding carboxylic acids is 2. The van der Waals surface area contributed by atoms with Crippen molar-refractivity contribution in [2.45, 2.75) is 13.8 Å². The van der Waals surface area contributed by atoms with E-state index in [1.165, 1.54) is 13.8 Å². The molecule has 1 aromatic carbocycles. The van der Waals surface area contributed by atoms with Crippen molar-refractivity contribution in [2.24, 2.45) is 0 Å². The van der Waals surface area contributed by atoms with E-state index >= 15 is 0 Å². The fourth-order valence-electron chi connectivity index (χ4n) is 1.21. The summed E-state index contributed by atoms with van der Waals surface area (Å²) in [6.45, 7) is 2.89. The van der Waals surface area contributed by atoms with Crippen LogP contribution in [0.2, 0.25) is 0 Å². The predicted octanol–water partition coefficient (Wildman–Crippen LogP) is 3.62. The first kappa shape index (κ1) is 11.6. The van der Waals surface area contributed by atoms with Gasteiger partial charge in [-0.05, 0) is 41.9 Å². The van der Waals surface area contributed by atoms with Crippen molar-refractivity contribution in [3.05, 3.63) is 32.2 Å². The van der Waals surface area contributed by atoms with Crippen LogP contribution in [-0.2, 0) is 0 Å². The molecule has 0 aromatic heterocycles. The Kier molecular flexibility index (Phi) is 3.61. The van der Waals surface area contributed by atoms with E-state index < -0.39 is 0 Å². The SMILES string of the molecule is CC(=O)c1cc(Br)cc(Br)c1C(C)=O. The Bertz CT molecular complexity index is 411. The third-order valence-corrected chi connectivity index (χ3v) is 2.87. The molecule has 0 bridgehead atoms. The van der Waals surface area contributed by atoms with Gasteiger partial charge in [-0.2, -0.15) is 0 Å². The van der Waals surface area contributed by atoms with E-state index in [1.807, 2.05) is 0 Å². The van der Waals surface area contributed by atoms with Gasteiger partial charge in [-0.25, -0.2) is 0 Å². The number of halogens is 2. The second-order valence-corrected chi connectivity index (χ2v) is 4.69. The van der Waals surface area contributed by atoms with Crippen molar-refractivity contribution in [1.29, 1.82) is 0 Å². The van der Waals surface area contributed by atoms with E-state index in [0.29, 0.717) is 15.6 Å². The molecule has 14 heavy (non-hydrogen) atoms. The van der Waals surface area contributed by atoms with Gasteiger partial charge >= 0.3 is 0 Å². The lowest BCUT2D eigenvalue weighted by Gasteiger charge is -2.06. The van der Waals surface area contributed by atoms with Crippen molar-refractivity contribution < 1.29 is 9.59 Å². The minimum Gasteiger partial charge on any atom is -0.294 e. The molecule has 1 aromatic rings. The number of hydrogen-bond donors (Lipinski definition) is 0. The lowest BCUT2D eigenvalue weighted by Crippen LogP contribution is -2.05. The number of rotatable bonds is 2. The van der Waals surface area contributed by atoms with Gasteiger partial charge in [0.2, 0.25) is 0 Å². The van der Waals surface area contributed by atoms with Crippen molar-refractivity contribution in [2.75, 3.05) is 0 Å². The average Bonchev–Trinajstić information content (AvgIpc) is 2.01. The van der Waals surface area contributed by atoms with Crippen molar-refractivity contribution in [1.82, 2.24) is 0 Å². The van der Waals surface area contributed by atoms with Crippen LogP contribution in [0.25, 0.3) is 0 Å². The highest BCUT2D eigenvalue weighted by Gasteiger charge is 2.15. The molecule has 0 atom stereocenters. The van der Waals surface area contributed by atoms with Crippen molar-refractivity contribution >= 4 is 43.4 Å². The Hall–Kier alpha value is -0.480. The van der Waals surface area contributed by atoms with E-state index in [2.05, 4.69) is 31.9 Å². The Labute approximate surface area is 98.9 Å². The monoisotopic (exact) mass is 318 g/mol. The number of benzene rings is 1. The summed E-state index contributed by atoms with van der Waals surface area (Å²) in [6, 6.07) is 3.41. The molecule has 4 heteroatoms. The number of Topliss-reactive ketones (excluding diaryl/α,β-unsaturated/α-hetero) is 2. The summed E-state index contributed by atoms with van der Waals surface area (Å²) in [4.78, 5) is 22.6. The molecule has 0 heterocycles. The quantitative estimate of drug-likeness (QED) is 0.780. The van der Waals surface area contributed by atoms with Crippen LogP contribution in [0.4, 0.5) is 0 Å². The molecule has 0 fully saturated rings. The zero-order chi connectivity index (χ0) is 10.9. The van der Waals surface area contributed by atoms with Gasteiger partial charge in [0.1, 0.15) is 0 Å². The normalized spacial score (nSPS) is 10.0. The molecule has 0 saturated carbocycles. The van der Waals surface area contributed by atoms with Crippen LogP contribution in [-0.4, -0.2) is 11.6 Å². The summed E-state index contributed by atoms with van der Waals surface area (Å²) in [5.41, 5.74) is 0.888. The molecule has 0 aliphatic carbocycles. The van der Waals surface area contributed by atoms with Gasteiger partial charge in [-0.1, -0.05) is 15.9 Å². The first-order valence-corrected chi connectivity index (χ1v) is 5.53. The maximum absolute atomic E-state index is 11.3. The number of ketones is 2. The van der Waals surface area contributed by atoms with Crippen LogP contribution < -0.4 is 0 Å². The highest BCUT2D eigenvalue weighted by Crippen LogP contribution is 2.26. The van der Waals surface area contributed by atoms with Gasteiger partial charge < -0.3 is 0 Å². The van der Waals surface area contributed by atoms with Crippen LogP contribution in [0.3, 0.4) is 0 Å². The molecule has 0 N–H and O–H groups in total. The number of carbonyl (C=O) groups is 2. The molecule has 0 unspecified atom stereocenters. The highest BCUT2D eigenvalue weighted by atomic mass is 79.9. The fraction of sp³-hybridized carbons (Fsp3) is 0.200. The molecule has 0 amide bonds. The van der Waals surface area contributed by atoms with Gasteiger partial charge in [-0.3, -0.25) is 9.59 Å². The first-order chi connectivity index (χ1) is 6.43. The summed E-state index contributed by atoms with van der Waals surface area (Å²) in [6.07, 6.45) is 0. The molecule has 2 nitrogen and oxygen atoms in total. The maximum Gasteiger partial charge on any atom is 0.161 e. The summed E-state index contributed by atoms with van der Waals surface area (Å²) in [5, 5.41) is 0. The van der Waals surface area contributed by atoms with Crippen molar-refractivity contribution in [3.8, 4) is 0 Å². The third-order valence-electron chi connectivity index (χ3n) is 1.79. The summed E-state index contributed by atoms with van der Waals surface area (Å²) < 4.78 is 1.42. The second kappa shape index (κ2) is 4.36.